The number of pyridine rings is 1. The topological polar surface area (TPSA) is 78.1 Å². The molecule has 7 nitrogen and oxygen atoms in total. The third-order valence-corrected chi connectivity index (χ3v) is 5.96. The minimum atomic E-state index is -1.21. The van der Waals surface area contributed by atoms with E-state index in [9.17, 15) is 14.7 Å². The van der Waals surface area contributed by atoms with E-state index < -0.39 is 11.4 Å². The highest BCUT2D eigenvalue weighted by atomic mass is 16.4. The summed E-state index contributed by atoms with van der Waals surface area (Å²) < 4.78 is 1.94. The summed E-state index contributed by atoms with van der Waals surface area (Å²) in [6, 6.07) is 15.3. The van der Waals surface area contributed by atoms with Gasteiger partial charge in [-0.2, -0.15) is 0 Å². The summed E-state index contributed by atoms with van der Waals surface area (Å²) >= 11 is 0. The van der Waals surface area contributed by atoms with Gasteiger partial charge in [-0.25, -0.2) is 9.79 Å². The Bertz CT molecular complexity index is 1220. The number of hydrogen-bond acceptors (Lipinski definition) is 5. The maximum absolute atomic E-state index is 12.8. The summed E-state index contributed by atoms with van der Waals surface area (Å²) in [4.78, 5) is 34.2. The second-order valence-electron chi connectivity index (χ2n) is 7.83. The lowest BCUT2D eigenvalue weighted by atomic mass is 10.0. The van der Waals surface area contributed by atoms with Gasteiger partial charge in [-0.05, 0) is 24.7 Å². The first-order valence-electron chi connectivity index (χ1n) is 10.0. The van der Waals surface area contributed by atoms with E-state index in [1.165, 1.54) is 6.20 Å². The average Bonchev–Trinajstić information content (AvgIpc) is 2.76. The van der Waals surface area contributed by atoms with Crippen LogP contribution < -0.4 is 5.43 Å². The van der Waals surface area contributed by atoms with Gasteiger partial charge in [-0.3, -0.25) is 9.69 Å². The summed E-state index contributed by atoms with van der Waals surface area (Å²) in [6.45, 7) is 3.47. The number of carboxylic acids is 1. The van der Waals surface area contributed by atoms with Crippen LogP contribution in [0.15, 0.2) is 64.5 Å². The van der Waals surface area contributed by atoms with Crippen molar-refractivity contribution in [3.05, 3.63) is 76.1 Å². The number of benzene rings is 2. The third-order valence-electron chi connectivity index (χ3n) is 5.96. The number of rotatable bonds is 3. The molecule has 0 radical (unpaired) electrons. The van der Waals surface area contributed by atoms with Gasteiger partial charge in [0.25, 0.3) is 0 Å². The van der Waals surface area contributed by atoms with Crippen LogP contribution >= 0.6 is 0 Å². The maximum Gasteiger partial charge on any atom is 0.341 e. The fourth-order valence-corrected chi connectivity index (χ4v) is 4.39. The second-order valence-corrected chi connectivity index (χ2v) is 7.83. The lowest BCUT2D eigenvalue weighted by Crippen LogP contribution is -2.50. The molecule has 30 heavy (non-hydrogen) atoms. The zero-order valence-corrected chi connectivity index (χ0v) is 16.7. The molecular formula is C23H22N4O3. The number of likely N-dealkylation sites (N-methyl/N-ethyl adjacent to an activating group) is 1. The van der Waals surface area contributed by atoms with Crippen LogP contribution in [0.3, 0.4) is 0 Å². The molecule has 3 aromatic rings. The molecule has 1 atom stereocenters. The van der Waals surface area contributed by atoms with Crippen molar-refractivity contribution < 1.29 is 9.90 Å². The Morgan fingerprint density at radius 1 is 1.03 bits per heavy atom. The number of para-hydroxylation sites is 1. The molecule has 0 bridgehead atoms. The molecule has 152 valence electrons. The van der Waals surface area contributed by atoms with Crippen LogP contribution in [-0.2, 0) is 0 Å². The maximum atomic E-state index is 12.8. The van der Waals surface area contributed by atoms with Crippen LogP contribution in [0.4, 0.5) is 5.69 Å². The van der Waals surface area contributed by atoms with Gasteiger partial charge in [0.05, 0.1) is 16.9 Å². The van der Waals surface area contributed by atoms with Crippen molar-refractivity contribution in [1.29, 1.82) is 0 Å². The van der Waals surface area contributed by atoms with Gasteiger partial charge in [-0.1, -0.05) is 36.4 Å². The highest BCUT2D eigenvalue weighted by Crippen LogP contribution is 2.36. The number of hydrogen-bond donors (Lipinski definition) is 1. The lowest BCUT2D eigenvalue weighted by Gasteiger charge is -2.41. The van der Waals surface area contributed by atoms with Gasteiger partial charge in [-0.15, -0.1) is 0 Å². The molecule has 2 aliphatic heterocycles. The molecule has 2 aliphatic rings. The van der Waals surface area contributed by atoms with E-state index in [1.807, 2.05) is 41.0 Å². The van der Waals surface area contributed by atoms with Crippen molar-refractivity contribution in [3.8, 4) is 0 Å². The fraction of sp³-hybridized carbons (Fsp3) is 0.261. The monoisotopic (exact) mass is 402 g/mol. The van der Waals surface area contributed by atoms with E-state index in [4.69, 9.17) is 4.99 Å². The normalized spacial score (nSPS) is 19.6. The van der Waals surface area contributed by atoms with Crippen LogP contribution in [0.2, 0.25) is 0 Å². The molecule has 0 aliphatic carbocycles. The van der Waals surface area contributed by atoms with E-state index >= 15 is 0 Å². The zero-order valence-electron chi connectivity index (χ0n) is 16.7. The fourth-order valence-electron chi connectivity index (χ4n) is 4.39. The number of aromatic carboxylic acids is 1. The standard InChI is InChI=1S/C23H22N4O3/c1-25-10-12-26(13-11-25)22-19(15-6-3-2-4-7-15)24-18-9-5-8-16-20(18)27(22)14-17(21(16)28)23(29)30/h2-9,14,22H,10-13H2,1H3,(H,29,30). The Morgan fingerprint density at radius 3 is 2.47 bits per heavy atom. The summed E-state index contributed by atoms with van der Waals surface area (Å²) in [5, 5.41) is 10.1. The molecule has 3 heterocycles. The van der Waals surface area contributed by atoms with E-state index in [0.29, 0.717) is 16.6 Å². The largest absolute Gasteiger partial charge is 0.477 e. The van der Waals surface area contributed by atoms with E-state index in [2.05, 4.69) is 16.8 Å². The first kappa shape index (κ1) is 18.7. The highest BCUT2D eigenvalue weighted by Gasteiger charge is 2.34. The summed E-state index contributed by atoms with van der Waals surface area (Å²) in [7, 11) is 2.10. The van der Waals surface area contributed by atoms with Crippen molar-refractivity contribution >= 4 is 28.3 Å². The molecule has 1 N–H and O–H groups in total. The lowest BCUT2D eigenvalue weighted by molar-refractivity contribution is 0.0693. The SMILES string of the molecule is CN1CCN(C2C(c3ccccc3)=Nc3cccc4c(=O)c(C(=O)O)cn2c34)CC1. The van der Waals surface area contributed by atoms with E-state index in [-0.39, 0.29) is 11.7 Å². The molecule has 1 fully saturated rings. The second kappa shape index (κ2) is 7.19. The minimum Gasteiger partial charge on any atom is -0.477 e. The molecule has 7 heteroatoms. The number of carboxylic acid groups (broad SMARTS) is 1. The molecular weight excluding hydrogens is 380 g/mol. The molecule has 1 saturated heterocycles. The molecule has 0 amide bonds. The smallest absolute Gasteiger partial charge is 0.341 e. The molecule has 2 aromatic carbocycles. The minimum absolute atomic E-state index is 0.215. The van der Waals surface area contributed by atoms with Gasteiger partial charge < -0.3 is 14.6 Å². The number of aliphatic imine (C=N–C) groups is 1. The third kappa shape index (κ3) is 2.94. The first-order chi connectivity index (χ1) is 14.5. The van der Waals surface area contributed by atoms with E-state index in [0.717, 1.165) is 37.5 Å². The highest BCUT2D eigenvalue weighted by molar-refractivity contribution is 6.09. The molecule has 1 unspecified atom stereocenters. The van der Waals surface area contributed by atoms with Gasteiger partial charge in [0, 0.05) is 37.8 Å². The average molecular weight is 402 g/mol. The quantitative estimate of drug-likeness (QED) is 0.729. The van der Waals surface area contributed by atoms with Gasteiger partial charge in [0.2, 0.25) is 5.43 Å². The predicted molar refractivity (Wildman–Crippen MR) is 116 cm³/mol. The van der Waals surface area contributed by atoms with E-state index in [1.54, 1.807) is 12.1 Å². The Labute approximate surface area is 173 Å². The van der Waals surface area contributed by atoms with Crippen LogP contribution in [0.25, 0.3) is 10.9 Å². The van der Waals surface area contributed by atoms with Crippen molar-refractivity contribution in [3.63, 3.8) is 0 Å². The summed E-state index contributed by atoms with van der Waals surface area (Å²) in [5.74, 6) is -1.21. The molecule has 1 aromatic heterocycles. The van der Waals surface area contributed by atoms with Gasteiger partial charge >= 0.3 is 5.97 Å². The molecule has 0 spiro atoms. The number of piperazine rings is 1. The Morgan fingerprint density at radius 2 is 1.77 bits per heavy atom. The Hall–Kier alpha value is -3.29. The summed E-state index contributed by atoms with van der Waals surface area (Å²) in [6.07, 6.45) is 1.22. The Balaban J connectivity index is 1.80. The van der Waals surface area contributed by atoms with Crippen LogP contribution in [0.1, 0.15) is 22.1 Å². The number of aromatic nitrogens is 1. The van der Waals surface area contributed by atoms with Crippen molar-refractivity contribution in [1.82, 2.24) is 14.4 Å². The van der Waals surface area contributed by atoms with Crippen LogP contribution in [-0.4, -0.2) is 64.4 Å². The number of carbonyl (C=O) groups is 1. The number of nitrogens with zero attached hydrogens (tertiary/aromatic N) is 4. The van der Waals surface area contributed by atoms with Gasteiger partial charge in [0.1, 0.15) is 11.7 Å². The van der Waals surface area contributed by atoms with Crippen LogP contribution in [0, 0.1) is 0 Å². The predicted octanol–water partition coefficient (Wildman–Crippen LogP) is 2.58. The Kier molecular flexibility index (Phi) is 4.49. The van der Waals surface area contributed by atoms with Crippen molar-refractivity contribution in [2.45, 2.75) is 6.17 Å². The summed E-state index contributed by atoms with van der Waals surface area (Å²) in [5.41, 5.74) is 2.54. The zero-order chi connectivity index (χ0) is 20.8. The van der Waals surface area contributed by atoms with Crippen LogP contribution in [0.5, 0.6) is 0 Å². The van der Waals surface area contributed by atoms with Crippen molar-refractivity contribution in [2.24, 2.45) is 4.99 Å². The van der Waals surface area contributed by atoms with Crippen molar-refractivity contribution in [2.75, 3.05) is 33.2 Å². The molecule has 5 rings (SSSR count). The first-order valence-corrected chi connectivity index (χ1v) is 10.0. The van der Waals surface area contributed by atoms with Gasteiger partial charge in [0.15, 0.2) is 0 Å². The molecule has 0 saturated carbocycles.